The van der Waals surface area contributed by atoms with Gasteiger partial charge < -0.3 is 15.5 Å². The van der Waals surface area contributed by atoms with E-state index in [4.69, 9.17) is 0 Å². The topological polar surface area (TPSA) is 61.4 Å². The van der Waals surface area contributed by atoms with E-state index in [2.05, 4.69) is 10.6 Å². The zero-order chi connectivity index (χ0) is 18.5. The average Bonchev–Trinajstić information content (AvgIpc) is 3.16. The maximum Gasteiger partial charge on any atom is 0.317 e. The van der Waals surface area contributed by atoms with E-state index in [1.54, 1.807) is 16.2 Å². The predicted octanol–water partition coefficient (Wildman–Crippen LogP) is 3.93. The lowest BCUT2D eigenvalue weighted by Crippen LogP contribution is -2.47. The fraction of sp³-hybridized carbons (Fsp3) is 0.400. The van der Waals surface area contributed by atoms with Gasteiger partial charge in [-0.2, -0.15) is 0 Å². The number of para-hydroxylation sites is 1. The Kier molecular flexibility index (Phi) is 5.93. The van der Waals surface area contributed by atoms with Crippen molar-refractivity contribution in [3.63, 3.8) is 0 Å². The lowest BCUT2D eigenvalue weighted by atomic mass is 9.97. The van der Waals surface area contributed by atoms with E-state index in [1.807, 2.05) is 49.6 Å². The summed E-state index contributed by atoms with van der Waals surface area (Å²) < 4.78 is 0. The molecule has 2 N–H and O–H groups in total. The number of piperidine rings is 1. The van der Waals surface area contributed by atoms with E-state index in [9.17, 15) is 9.59 Å². The van der Waals surface area contributed by atoms with Crippen molar-refractivity contribution in [2.24, 2.45) is 5.92 Å². The van der Waals surface area contributed by atoms with Crippen LogP contribution in [0.15, 0.2) is 35.7 Å². The Morgan fingerprint density at radius 1 is 1.19 bits per heavy atom. The lowest BCUT2D eigenvalue weighted by molar-refractivity contribution is -0.121. The maximum atomic E-state index is 12.7. The number of nitrogens with one attached hydrogen (secondary N) is 2. The number of anilines is 1. The fourth-order valence-electron chi connectivity index (χ4n) is 3.30. The Balaban J connectivity index is 1.57. The first-order valence-corrected chi connectivity index (χ1v) is 9.85. The third-order valence-corrected chi connectivity index (χ3v) is 5.68. The highest BCUT2D eigenvalue weighted by Crippen LogP contribution is 2.23. The van der Waals surface area contributed by atoms with Crippen molar-refractivity contribution in [1.82, 2.24) is 10.2 Å². The monoisotopic (exact) mass is 371 g/mol. The van der Waals surface area contributed by atoms with Gasteiger partial charge in [-0.05, 0) is 49.3 Å². The molecule has 0 bridgehead atoms. The Labute approximate surface area is 158 Å². The quantitative estimate of drug-likeness (QED) is 0.855. The van der Waals surface area contributed by atoms with Crippen molar-refractivity contribution in [3.05, 3.63) is 51.7 Å². The molecule has 1 aromatic heterocycles. The molecule has 138 valence electrons. The van der Waals surface area contributed by atoms with Gasteiger partial charge in [-0.1, -0.05) is 24.3 Å². The van der Waals surface area contributed by atoms with E-state index in [-0.39, 0.29) is 17.9 Å². The predicted molar refractivity (Wildman–Crippen MR) is 105 cm³/mol. The van der Waals surface area contributed by atoms with E-state index in [0.717, 1.165) is 34.5 Å². The largest absolute Gasteiger partial charge is 0.333 e. The van der Waals surface area contributed by atoms with E-state index >= 15 is 0 Å². The van der Waals surface area contributed by atoms with Gasteiger partial charge in [-0.15, -0.1) is 11.3 Å². The third-order valence-electron chi connectivity index (χ3n) is 4.80. The van der Waals surface area contributed by atoms with Crippen LogP contribution in [0, 0.1) is 19.8 Å². The number of aryl methyl sites for hydroxylation is 2. The van der Waals surface area contributed by atoms with Crippen LogP contribution in [0.3, 0.4) is 0 Å². The van der Waals surface area contributed by atoms with Crippen LogP contribution in [0.25, 0.3) is 0 Å². The summed E-state index contributed by atoms with van der Waals surface area (Å²) in [6.07, 6.45) is 1.66. The van der Waals surface area contributed by atoms with Crippen molar-refractivity contribution >= 4 is 29.0 Å². The molecular formula is C20H25N3O2S. The number of benzene rings is 1. The highest BCUT2D eigenvalue weighted by Gasteiger charge is 2.28. The Bertz CT molecular complexity index is 753. The minimum atomic E-state index is -0.171. The molecule has 0 aliphatic carbocycles. The van der Waals surface area contributed by atoms with Crippen LogP contribution < -0.4 is 10.6 Å². The number of hydrogen-bond acceptors (Lipinski definition) is 3. The van der Waals surface area contributed by atoms with Crippen LogP contribution in [0.1, 0.15) is 28.8 Å². The van der Waals surface area contributed by atoms with E-state index in [0.29, 0.717) is 19.6 Å². The summed E-state index contributed by atoms with van der Waals surface area (Å²) in [7, 11) is 0. The van der Waals surface area contributed by atoms with Crippen molar-refractivity contribution in [1.29, 1.82) is 0 Å². The van der Waals surface area contributed by atoms with Crippen LogP contribution in [-0.4, -0.2) is 29.9 Å². The molecule has 0 saturated carbocycles. The van der Waals surface area contributed by atoms with Crippen molar-refractivity contribution in [2.75, 3.05) is 18.4 Å². The molecule has 1 aromatic carbocycles. The van der Waals surface area contributed by atoms with Crippen molar-refractivity contribution in [3.8, 4) is 0 Å². The molecule has 2 heterocycles. The van der Waals surface area contributed by atoms with E-state index < -0.39 is 0 Å². The van der Waals surface area contributed by atoms with Crippen molar-refractivity contribution in [2.45, 2.75) is 33.2 Å². The second-order valence-corrected chi connectivity index (χ2v) is 7.81. The van der Waals surface area contributed by atoms with Crippen LogP contribution >= 0.6 is 11.3 Å². The molecule has 5 nitrogen and oxygen atoms in total. The van der Waals surface area contributed by atoms with Gasteiger partial charge in [0, 0.05) is 23.7 Å². The first kappa shape index (κ1) is 18.5. The molecule has 0 radical (unpaired) electrons. The molecule has 1 fully saturated rings. The first-order valence-electron chi connectivity index (χ1n) is 8.97. The summed E-state index contributed by atoms with van der Waals surface area (Å²) in [5.74, 6) is -0.173. The summed E-state index contributed by atoms with van der Waals surface area (Å²) in [4.78, 5) is 28.0. The number of carbonyl (C=O) groups is 2. The van der Waals surface area contributed by atoms with Crippen LogP contribution in [0.4, 0.5) is 10.5 Å². The van der Waals surface area contributed by atoms with Gasteiger partial charge in [-0.3, -0.25) is 4.79 Å². The summed E-state index contributed by atoms with van der Waals surface area (Å²) in [5, 5.41) is 8.01. The van der Waals surface area contributed by atoms with Crippen LogP contribution in [0.5, 0.6) is 0 Å². The van der Waals surface area contributed by atoms with Crippen LogP contribution in [0.2, 0.25) is 0 Å². The molecule has 1 aliphatic heterocycles. The number of urea groups is 1. The smallest absolute Gasteiger partial charge is 0.317 e. The first-order chi connectivity index (χ1) is 12.5. The van der Waals surface area contributed by atoms with Gasteiger partial charge in [-0.25, -0.2) is 4.79 Å². The SMILES string of the molecule is Cc1cccc(C)c1NC(=O)C1CCCN(C(=O)NCc2cccs2)C1. The number of nitrogens with zero attached hydrogens (tertiary/aromatic N) is 1. The number of likely N-dealkylation sites (tertiary alicyclic amines) is 1. The molecule has 1 saturated heterocycles. The minimum Gasteiger partial charge on any atom is -0.333 e. The van der Waals surface area contributed by atoms with Crippen molar-refractivity contribution < 1.29 is 9.59 Å². The number of rotatable bonds is 4. The van der Waals surface area contributed by atoms with Gasteiger partial charge in [0.15, 0.2) is 0 Å². The lowest BCUT2D eigenvalue weighted by Gasteiger charge is -2.32. The highest BCUT2D eigenvalue weighted by molar-refractivity contribution is 7.09. The number of hydrogen-bond donors (Lipinski definition) is 2. The average molecular weight is 372 g/mol. The molecule has 3 amide bonds. The summed E-state index contributed by atoms with van der Waals surface area (Å²) in [5.41, 5.74) is 3.00. The zero-order valence-corrected chi connectivity index (χ0v) is 16.1. The normalized spacial score (nSPS) is 17.0. The number of amides is 3. The number of thiophene rings is 1. The minimum absolute atomic E-state index is 0.00171. The van der Waals surface area contributed by atoms with Gasteiger partial charge in [0.25, 0.3) is 0 Å². The van der Waals surface area contributed by atoms with E-state index in [1.165, 1.54) is 0 Å². The third kappa shape index (κ3) is 4.43. The molecule has 6 heteroatoms. The summed E-state index contributed by atoms with van der Waals surface area (Å²) >= 11 is 1.62. The van der Waals surface area contributed by atoms with Gasteiger partial charge in [0.2, 0.25) is 5.91 Å². The zero-order valence-electron chi connectivity index (χ0n) is 15.2. The fourth-order valence-corrected chi connectivity index (χ4v) is 3.94. The Morgan fingerprint density at radius 3 is 2.65 bits per heavy atom. The maximum absolute atomic E-state index is 12.7. The second-order valence-electron chi connectivity index (χ2n) is 6.78. The summed E-state index contributed by atoms with van der Waals surface area (Å²) in [6, 6.07) is 9.86. The van der Waals surface area contributed by atoms with Gasteiger partial charge in [0.05, 0.1) is 12.5 Å². The Hall–Kier alpha value is -2.34. The van der Waals surface area contributed by atoms with Gasteiger partial charge >= 0.3 is 6.03 Å². The molecule has 26 heavy (non-hydrogen) atoms. The number of carbonyl (C=O) groups excluding carboxylic acids is 2. The molecular weight excluding hydrogens is 346 g/mol. The van der Waals surface area contributed by atoms with Crippen LogP contribution in [-0.2, 0) is 11.3 Å². The molecule has 0 spiro atoms. The molecule has 1 atom stereocenters. The molecule has 1 unspecified atom stereocenters. The molecule has 2 aromatic rings. The second kappa shape index (κ2) is 8.36. The Morgan fingerprint density at radius 2 is 1.96 bits per heavy atom. The van der Waals surface area contributed by atoms with Gasteiger partial charge in [0.1, 0.15) is 0 Å². The highest BCUT2D eigenvalue weighted by atomic mass is 32.1. The standard InChI is InChI=1S/C20H25N3O2S/c1-14-6-3-7-15(2)18(14)22-19(24)16-8-4-10-23(13-16)20(25)21-12-17-9-5-11-26-17/h3,5-7,9,11,16H,4,8,10,12-13H2,1-2H3,(H,21,25)(H,22,24). The summed E-state index contributed by atoms with van der Waals surface area (Å²) in [6.45, 7) is 5.68. The molecule has 1 aliphatic rings. The molecule has 3 rings (SSSR count).